The highest BCUT2D eigenvalue weighted by Gasteiger charge is 2.18. The summed E-state index contributed by atoms with van der Waals surface area (Å²) in [6.07, 6.45) is 2.36. The zero-order valence-corrected chi connectivity index (χ0v) is 12.2. The van der Waals surface area contributed by atoms with E-state index in [1.54, 1.807) is 0 Å². The topological polar surface area (TPSA) is 54.4 Å². The van der Waals surface area contributed by atoms with Gasteiger partial charge in [-0.2, -0.15) is 15.0 Å². The van der Waals surface area contributed by atoms with E-state index in [0.717, 1.165) is 19.6 Å². The van der Waals surface area contributed by atoms with Gasteiger partial charge in [-0.25, -0.2) is 0 Å². The summed E-state index contributed by atoms with van der Waals surface area (Å²) >= 11 is 5.99. The lowest BCUT2D eigenvalue weighted by Crippen LogP contribution is -2.27. The van der Waals surface area contributed by atoms with Crippen molar-refractivity contribution in [1.82, 2.24) is 15.0 Å². The molecule has 1 aliphatic rings. The maximum Gasteiger partial charge on any atom is 0.231 e. The Bertz CT molecular complexity index is 411. The third kappa shape index (κ3) is 3.91. The summed E-state index contributed by atoms with van der Waals surface area (Å²) < 4.78 is 5.33. The average Bonchev–Trinajstić information content (AvgIpc) is 2.92. The minimum Gasteiger partial charge on any atom is -0.380 e. The second-order valence-corrected chi connectivity index (χ2v) is 4.86. The Balaban J connectivity index is 2.07. The lowest BCUT2D eigenvalue weighted by Gasteiger charge is -2.20. The van der Waals surface area contributed by atoms with E-state index < -0.39 is 0 Å². The Morgan fingerprint density at radius 1 is 1.26 bits per heavy atom. The molecule has 19 heavy (non-hydrogen) atoms. The summed E-state index contributed by atoms with van der Waals surface area (Å²) in [7, 11) is 1.93. The molecule has 0 aromatic carbocycles. The van der Waals surface area contributed by atoms with E-state index in [-0.39, 0.29) is 5.28 Å². The first-order valence-electron chi connectivity index (χ1n) is 6.66. The van der Waals surface area contributed by atoms with Crippen molar-refractivity contribution in [2.45, 2.75) is 19.8 Å². The number of hydrogen-bond acceptors (Lipinski definition) is 6. The lowest BCUT2D eigenvalue weighted by molar-refractivity contribution is 0.154. The van der Waals surface area contributed by atoms with E-state index in [1.807, 2.05) is 18.9 Å². The Labute approximate surface area is 118 Å². The minimum absolute atomic E-state index is 0.246. The van der Waals surface area contributed by atoms with Gasteiger partial charge >= 0.3 is 0 Å². The molecule has 0 aliphatic carbocycles. The zero-order chi connectivity index (χ0) is 13.7. The van der Waals surface area contributed by atoms with E-state index in [2.05, 4.69) is 19.9 Å². The Morgan fingerprint density at radius 2 is 2.00 bits per heavy atom. The van der Waals surface area contributed by atoms with Crippen molar-refractivity contribution in [2.24, 2.45) is 0 Å². The molecule has 7 heteroatoms. The van der Waals surface area contributed by atoms with Crippen molar-refractivity contribution >= 4 is 23.5 Å². The van der Waals surface area contributed by atoms with Crippen molar-refractivity contribution in [1.29, 1.82) is 0 Å². The van der Waals surface area contributed by atoms with Crippen LogP contribution in [0.15, 0.2) is 0 Å². The number of rotatable bonds is 6. The van der Waals surface area contributed by atoms with Crippen LogP contribution in [0.4, 0.5) is 11.9 Å². The van der Waals surface area contributed by atoms with Crippen molar-refractivity contribution in [3.8, 4) is 0 Å². The normalized spacial score (nSPS) is 15.0. The quantitative estimate of drug-likeness (QED) is 0.740. The van der Waals surface area contributed by atoms with Gasteiger partial charge in [-0.1, -0.05) is 0 Å². The highest BCUT2D eigenvalue weighted by Crippen LogP contribution is 2.19. The van der Waals surface area contributed by atoms with Gasteiger partial charge in [0.1, 0.15) is 0 Å². The molecule has 106 valence electrons. The van der Waals surface area contributed by atoms with Crippen LogP contribution in [0.3, 0.4) is 0 Å². The molecule has 0 unspecified atom stereocenters. The highest BCUT2D eigenvalue weighted by molar-refractivity contribution is 6.28. The van der Waals surface area contributed by atoms with Gasteiger partial charge in [0.15, 0.2) is 0 Å². The van der Waals surface area contributed by atoms with Crippen LogP contribution in [0.5, 0.6) is 0 Å². The summed E-state index contributed by atoms with van der Waals surface area (Å²) in [5.41, 5.74) is 0. The van der Waals surface area contributed by atoms with Crippen molar-refractivity contribution in [2.75, 3.05) is 49.7 Å². The number of aromatic nitrogens is 3. The summed E-state index contributed by atoms with van der Waals surface area (Å²) in [6.45, 7) is 6.05. The molecule has 0 amide bonds. The largest absolute Gasteiger partial charge is 0.380 e. The minimum atomic E-state index is 0.246. The molecular weight excluding hydrogens is 266 g/mol. The second-order valence-electron chi connectivity index (χ2n) is 4.52. The second kappa shape index (κ2) is 6.86. The number of hydrogen-bond donors (Lipinski definition) is 0. The molecule has 2 heterocycles. The van der Waals surface area contributed by atoms with E-state index in [1.165, 1.54) is 12.8 Å². The maximum atomic E-state index is 5.99. The number of nitrogens with zero attached hydrogens (tertiary/aromatic N) is 5. The Morgan fingerprint density at radius 3 is 2.68 bits per heavy atom. The molecule has 1 fully saturated rings. The monoisotopic (exact) mass is 285 g/mol. The van der Waals surface area contributed by atoms with Gasteiger partial charge in [0.2, 0.25) is 17.2 Å². The first kappa shape index (κ1) is 14.3. The molecular formula is C12H20ClN5O. The molecule has 0 saturated carbocycles. The predicted octanol–water partition coefficient (Wildman–Crippen LogP) is 1.60. The van der Waals surface area contributed by atoms with Gasteiger partial charge in [0.05, 0.1) is 6.61 Å². The third-order valence-electron chi connectivity index (χ3n) is 3.09. The molecule has 2 rings (SSSR count). The summed E-state index contributed by atoms with van der Waals surface area (Å²) in [5.74, 6) is 1.28. The molecule has 1 aromatic rings. The molecule has 0 radical (unpaired) electrons. The summed E-state index contributed by atoms with van der Waals surface area (Å²) in [4.78, 5) is 16.9. The van der Waals surface area contributed by atoms with Crippen LogP contribution < -0.4 is 9.80 Å². The molecule has 1 aromatic heterocycles. The van der Waals surface area contributed by atoms with Gasteiger partial charge in [-0.3, -0.25) is 0 Å². The first-order valence-corrected chi connectivity index (χ1v) is 7.04. The molecule has 0 spiro atoms. The fourth-order valence-corrected chi connectivity index (χ4v) is 2.16. The van der Waals surface area contributed by atoms with Gasteiger partial charge in [-0.15, -0.1) is 0 Å². The SMILES string of the molecule is CCOCCN(C)c1nc(Cl)nc(N2CCCC2)n1. The smallest absolute Gasteiger partial charge is 0.231 e. The Kier molecular flexibility index (Phi) is 5.15. The first-order chi connectivity index (χ1) is 9.20. The molecule has 0 bridgehead atoms. The molecule has 0 N–H and O–H groups in total. The van der Waals surface area contributed by atoms with Gasteiger partial charge in [0.25, 0.3) is 0 Å². The number of ether oxygens (including phenoxy) is 1. The van der Waals surface area contributed by atoms with E-state index in [4.69, 9.17) is 16.3 Å². The number of halogens is 1. The van der Waals surface area contributed by atoms with Crippen LogP contribution >= 0.6 is 11.6 Å². The number of likely N-dealkylation sites (N-methyl/N-ethyl adjacent to an activating group) is 1. The number of anilines is 2. The van der Waals surface area contributed by atoms with Crippen molar-refractivity contribution in [3.05, 3.63) is 5.28 Å². The Hall–Kier alpha value is -1.14. The van der Waals surface area contributed by atoms with Crippen LogP contribution in [0.2, 0.25) is 5.28 Å². The molecule has 0 atom stereocenters. The van der Waals surface area contributed by atoms with Crippen LogP contribution in [0.1, 0.15) is 19.8 Å². The fourth-order valence-electron chi connectivity index (χ4n) is 2.00. The average molecular weight is 286 g/mol. The van der Waals surface area contributed by atoms with E-state index in [9.17, 15) is 0 Å². The standard InChI is InChI=1S/C12H20ClN5O/c1-3-19-9-8-17(2)11-14-10(13)15-12(16-11)18-6-4-5-7-18/h3-9H2,1-2H3. The van der Waals surface area contributed by atoms with Crippen LogP contribution in [-0.4, -0.2) is 54.8 Å². The highest BCUT2D eigenvalue weighted by atomic mass is 35.5. The predicted molar refractivity (Wildman–Crippen MR) is 76.0 cm³/mol. The molecule has 1 saturated heterocycles. The van der Waals surface area contributed by atoms with E-state index in [0.29, 0.717) is 25.1 Å². The third-order valence-corrected chi connectivity index (χ3v) is 3.26. The van der Waals surface area contributed by atoms with Crippen LogP contribution in [0.25, 0.3) is 0 Å². The van der Waals surface area contributed by atoms with Gasteiger partial charge in [0, 0.05) is 33.3 Å². The zero-order valence-electron chi connectivity index (χ0n) is 11.5. The maximum absolute atomic E-state index is 5.99. The fraction of sp³-hybridized carbons (Fsp3) is 0.750. The van der Waals surface area contributed by atoms with E-state index >= 15 is 0 Å². The van der Waals surface area contributed by atoms with Gasteiger partial charge < -0.3 is 14.5 Å². The van der Waals surface area contributed by atoms with Crippen LogP contribution in [-0.2, 0) is 4.74 Å². The molecule has 6 nitrogen and oxygen atoms in total. The van der Waals surface area contributed by atoms with Crippen LogP contribution in [0, 0.1) is 0 Å². The van der Waals surface area contributed by atoms with Gasteiger partial charge in [-0.05, 0) is 31.4 Å². The van der Waals surface area contributed by atoms with Crippen molar-refractivity contribution < 1.29 is 4.74 Å². The summed E-state index contributed by atoms with van der Waals surface area (Å²) in [5, 5.41) is 0.246. The lowest BCUT2D eigenvalue weighted by atomic mass is 10.4. The van der Waals surface area contributed by atoms with Crippen molar-refractivity contribution in [3.63, 3.8) is 0 Å². The summed E-state index contributed by atoms with van der Waals surface area (Å²) in [6, 6.07) is 0. The molecule has 1 aliphatic heterocycles.